The number of hydrogen-bond acceptors (Lipinski definition) is 3. The molecule has 0 bridgehead atoms. The van der Waals surface area contributed by atoms with Crippen LogP contribution in [-0.2, 0) is 11.2 Å². The number of benzene rings is 1. The van der Waals surface area contributed by atoms with Crippen LogP contribution >= 0.6 is 0 Å². The molecule has 0 fully saturated rings. The van der Waals surface area contributed by atoms with E-state index in [2.05, 4.69) is 4.74 Å². The van der Waals surface area contributed by atoms with Gasteiger partial charge in [-0.3, -0.25) is 4.79 Å². The number of phenols is 1. The number of aliphatic carboxylic acids is 1. The van der Waals surface area contributed by atoms with Gasteiger partial charge in [0.15, 0.2) is 17.3 Å². The summed E-state index contributed by atoms with van der Waals surface area (Å²) in [5, 5.41) is 17.7. The van der Waals surface area contributed by atoms with Gasteiger partial charge in [0.05, 0.1) is 13.5 Å². The number of rotatable bonds is 3. The van der Waals surface area contributed by atoms with Gasteiger partial charge in [0, 0.05) is 0 Å². The minimum Gasteiger partial charge on any atom is -0.504 e. The first-order valence-electron chi connectivity index (χ1n) is 3.81. The van der Waals surface area contributed by atoms with Crippen molar-refractivity contribution in [2.45, 2.75) is 6.42 Å². The van der Waals surface area contributed by atoms with E-state index in [1.807, 2.05) is 0 Å². The summed E-state index contributed by atoms with van der Waals surface area (Å²) in [5.74, 6) is -2.54. The summed E-state index contributed by atoms with van der Waals surface area (Å²) in [7, 11) is 1.22. The lowest BCUT2D eigenvalue weighted by atomic mass is 10.1. The molecular weight excluding hydrogens is 191 g/mol. The highest BCUT2D eigenvalue weighted by atomic mass is 19.1. The second-order valence-corrected chi connectivity index (χ2v) is 2.70. The van der Waals surface area contributed by atoms with Gasteiger partial charge in [0.2, 0.25) is 0 Å². The maximum Gasteiger partial charge on any atom is 0.307 e. The van der Waals surface area contributed by atoms with E-state index < -0.39 is 17.5 Å². The van der Waals surface area contributed by atoms with Crippen LogP contribution in [0, 0.1) is 5.82 Å². The van der Waals surface area contributed by atoms with Crippen LogP contribution < -0.4 is 4.74 Å². The van der Waals surface area contributed by atoms with E-state index in [4.69, 9.17) is 5.11 Å². The highest BCUT2D eigenvalue weighted by Gasteiger charge is 2.12. The standard InChI is InChI=1S/C9H9FO4/c1-14-9-6(10)2-5(3-7(9)11)4-8(12)13/h2-3,11H,4H2,1H3,(H,12,13). The number of carbonyl (C=O) groups is 1. The Bertz CT molecular complexity index is 339. The molecule has 4 nitrogen and oxygen atoms in total. The topological polar surface area (TPSA) is 66.8 Å². The number of halogens is 1. The fourth-order valence-corrected chi connectivity index (χ4v) is 1.11. The SMILES string of the molecule is COc1c(O)cc(CC(=O)O)cc1F. The van der Waals surface area contributed by atoms with E-state index in [-0.39, 0.29) is 17.7 Å². The van der Waals surface area contributed by atoms with Crippen molar-refractivity contribution < 1.29 is 24.1 Å². The average Bonchev–Trinajstić information content (AvgIpc) is 2.01. The molecule has 1 aromatic rings. The minimum absolute atomic E-state index is 0.188. The molecule has 0 aliphatic heterocycles. The zero-order chi connectivity index (χ0) is 10.7. The molecule has 0 spiro atoms. The van der Waals surface area contributed by atoms with Gasteiger partial charge in [-0.15, -0.1) is 0 Å². The van der Waals surface area contributed by atoms with Gasteiger partial charge >= 0.3 is 5.97 Å². The molecule has 1 aromatic carbocycles. The predicted octanol–water partition coefficient (Wildman–Crippen LogP) is 1.17. The largest absolute Gasteiger partial charge is 0.504 e. The van der Waals surface area contributed by atoms with Crippen molar-refractivity contribution in [3.05, 3.63) is 23.5 Å². The van der Waals surface area contributed by atoms with Gasteiger partial charge in [-0.2, -0.15) is 0 Å². The van der Waals surface area contributed by atoms with Crippen LogP contribution in [-0.4, -0.2) is 23.3 Å². The van der Waals surface area contributed by atoms with Crippen LogP contribution in [0.5, 0.6) is 11.5 Å². The van der Waals surface area contributed by atoms with E-state index in [1.54, 1.807) is 0 Å². The molecule has 5 heteroatoms. The molecule has 0 radical (unpaired) electrons. The number of ether oxygens (including phenoxy) is 1. The third-order valence-electron chi connectivity index (χ3n) is 1.64. The first kappa shape index (κ1) is 10.3. The maximum absolute atomic E-state index is 13.1. The van der Waals surface area contributed by atoms with Crippen LogP contribution in [0.15, 0.2) is 12.1 Å². The zero-order valence-corrected chi connectivity index (χ0v) is 7.45. The molecule has 2 N–H and O–H groups in total. The van der Waals surface area contributed by atoms with Crippen LogP contribution in [0.25, 0.3) is 0 Å². The van der Waals surface area contributed by atoms with Crippen molar-refractivity contribution in [2.75, 3.05) is 7.11 Å². The number of carboxylic acid groups (broad SMARTS) is 1. The summed E-state index contributed by atoms with van der Waals surface area (Å²) < 4.78 is 17.6. The van der Waals surface area contributed by atoms with Gasteiger partial charge in [-0.25, -0.2) is 4.39 Å². The monoisotopic (exact) mass is 200 g/mol. The van der Waals surface area contributed by atoms with Gasteiger partial charge < -0.3 is 14.9 Å². The van der Waals surface area contributed by atoms with E-state index in [0.29, 0.717) is 0 Å². The number of aromatic hydroxyl groups is 1. The van der Waals surface area contributed by atoms with Crippen molar-refractivity contribution in [2.24, 2.45) is 0 Å². The van der Waals surface area contributed by atoms with E-state index >= 15 is 0 Å². The molecule has 76 valence electrons. The fraction of sp³-hybridized carbons (Fsp3) is 0.222. The summed E-state index contributed by atoms with van der Waals surface area (Å²) in [6, 6.07) is 2.18. The summed E-state index contributed by atoms with van der Waals surface area (Å²) in [6.45, 7) is 0. The van der Waals surface area contributed by atoms with Crippen molar-refractivity contribution in [3.63, 3.8) is 0 Å². The Balaban J connectivity index is 3.07. The second-order valence-electron chi connectivity index (χ2n) is 2.70. The van der Waals surface area contributed by atoms with E-state index in [1.165, 1.54) is 7.11 Å². The molecular formula is C9H9FO4. The van der Waals surface area contributed by atoms with Crippen molar-refractivity contribution in [1.29, 1.82) is 0 Å². The molecule has 0 aliphatic rings. The lowest BCUT2D eigenvalue weighted by Crippen LogP contribution is -2.01. The Labute approximate surface area is 79.6 Å². The average molecular weight is 200 g/mol. The molecule has 0 aromatic heterocycles. The number of methoxy groups -OCH3 is 1. The molecule has 0 atom stereocenters. The van der Waals surface area contributed by atoms with Crippen LogP contribution in [0.1, 0.15) is 5.56 Å². The highest BCUT2D eigenvalue weighted by Crippen LogP contribution is 2.30. The van der Waals surface area contributed by atoms with Gasteiger partial charge in [0.25, 0.3) is 0 Å². The predicted molar refractivity (Wildman–Crippen MR) is 46.0 cm³/mol. The van der Waals surface area contributed by atoms with Crippen LogP contribution in [0.4, 0.5) is 4.39 Å². The van der Waals surface area contributed by atoms with E-state index in [0.717, 1.165) is 12.1 Å². The molecule has 14 heavy (non-hydrogen) atoms. The highest BCUT2D eigenvalue weighted by molar-refractivity contribution is 5.70. The minimum atomic E-state index is -1.09. The normalized spacial score (nSPS) is 9.86. The third kappa shape index (κ3) is 2.12. The summed E-state index contributed by atoms with van der Waals surface area (Å²) in [5.41, 5.74) is 0.188. The lowest BCUT2D eigenvalue weighted by molar-refractivity contribution is -0.136. The molecule has 0 heterocycles. The van der Waals surface area contributed by atoms with Gasteiger partial charge in [0.1, 0.15) is 0 Å². The Morgan fingerprint density at radius 3 is 2.64 bits per heavy atom. The Morgan fingerprint density at radius 1 is 1.57 bits per heavy atom. The molecule has 0 saturated carbocycles. The molecule has 0 aliphatic carbocycles. The quantitative estimate of drug-likeness (QED) is 0.768. The molecule has 1 rings (SSSR count). The van der Waals surface area contributed by atoms with Crippen molar-refractivity contribution >= 4 is 5.97 Å². The van der Waals surface area contributed by atoms with E-state index in [9.17, 15) is 14.3 Å². The van der Waals surface area contributed by atoms with Crippen molar-refractivity contribution in [3.8, 4) is 11.5 Å². The zero-order valence-electron chi connectivity index (χ0n) is 7.45. The second kappa shape index (κ2) is 3.95. The Hall–Kier alpha value is -1.78. The third-order valence-corrected chi connectivity index (χ3v) is 1.64. The number of carboxylic acids is 1. The first-order valence-corrected chi connectivity index (χ1v) is 3.81. The number of hydrogen-bond donors (Lipinski definition) is 2. The van der Waals surface area contributed by atoms with Crippen LogP contribution in [0.3, 0.4) is 0 Å². The van der Waals surface area contributed by atoms with Gasteiger partial charge in [-0.05, 0) is 17.7 Å². The van der Waals surface area contributed by atoms with Crippen LogP contribution in [0.2, 0.25) is 0 Å². The number of phenolic OH excluding ortho intramolecular Hbond substituents is 1. The fourth-order valence-electron chi connectivity index (χ4n) is 1.11. The molecule has 0 saturated heterocycles. The Kier molecular flexibility index (Phi) is 2.91. The molecule has 0 unspecified atom stereocenters. The van der Waals surface area contributed by atoms with Crippen molar-refractivity contribution in [1.82, 2.24) is 0 Å². The summed E-state index contributed by atoms with van der Waals surface area (Å²) >= 11 is 0. The summed E-state index contributed by atoms with van der Waals surface area (Å²) in [6.07, 6.45) is -0.339. The first-order chi connectivity index (χ1) is 6.54. The van der Waals surface area contributed by atoms with Gasteiger partial charge in [-0.1, -0.05) is 0 Å². The lowest BCUT2D eigenvalue weighted by Gasteiger charge is -2.06. The summed E-state index contributed by atoms with van der Waals surface area (Å²) in [4.78, 5) is 10.3. The maximum atomic E-state index is 13.1. The molecule has 0 amide bonds. The smallest absolute Gasteiger partial charge is 0.307 e. The Morgan fingerprint density at radius 2 is 2.21 bits per heavy atom.